The van der Waals surface area contributed by atoms with Crippen molar-refractivity contribution in [1.29, 1.82) is 0 Å². The predicted molar refractivity (Wildman–Crippen MR) is 114 cm³/mol. The van der Waals surface area contributed by atoms with Crippen LogP contribution in [0.2, 0.25) is 10.0 Å². The molecule has 3 rings (SSSR count). The van der Waals surface area contributed by atoms with E-state index in [0.29, 0.717) is 28.8 Å². The van der Waals surface area contributed by atoms with E-state index in [2.05, 4.69) is 5.32 Å². The maximum Gasteiger partial charge on any atom is 0.311 e. The van der Waals surface area contributed by atoms with Gasteiger partial charge in [0.15, 0.2) is 6.61 Å². The van der Waals surface area contributed by atoms with Gasteiger partial charge in [-0.3, -0.25) is 14.4 Å². The summed E-state index contributed by atoms with van der Waals surface area (Å²) in [6, 6.07) is 11.7. The van der Waals surface area contributed by atoms with Crippen molar-refractivity contribution in [3.05, 3.63) is 52.5 Å². The highest BCUT2D eigenvalue weighted by atomic mass is 35.5. The topological polar surface area (TPSA) is 84.9 Å². The van der Waals surface area contributed by atoms with Gasteiger partial charge < -0.3 is 19.7 Å². The molecule has 0 spiro atoms. The first-order valence-electron chi connectivity index (χ1n) is 9.32. The SMILES string of the molecule is CCOc1ccc(N2C[C@@H](C(=O)OCC(=O)Nc3ccc(Cl)cc3Cl)CC2=O)cc1. The predicted octanol–water partition coefficient (Wildman–Crippen LogP) is 3.93. The maximum absolute atomic E-state index is 12.3. The van der Waals surface area contributed by atoms with Gasteiger partial charge in [0.2, 0.25) is 5.91 Å². The second-order valence-corrected chi connectivity index (χ2v) is 7.46. The Morgan fingerprint density at radius 3 is 2.57 bits per heavy atom. The summed E-state index contributed by atoms with van der Waals surface area (Å²) >= 11 is 11.8. The number of halogens is 2. The van der Waals surface area contributed by atoms with Crippen LogP contribution < -0.4 is 15.0 Å². The molecule has 1 heterocycles. The molecule has 0 bridgehead atoms. The van der Waals surface area contributed by atoms with Gasteiger partial charge in [0.25, 0.3) is 5.91 Å². The van der Waals surface area contributed by atoms with Gasteiger partial charge >= 0.3 is 5.97 Å². The van der Waals surface area contributed by atoms with Crippen LogP contribution in [0.4, 0.5) is 11.4 Å². The fraction of sp³-hybridized carbons (Fsp3) is 0.286. The van der Waals surface area contributed by atoms with Crippen LogP contribution in [0.25, 0.3) is 0 Å². The highest BCUT2D eigenvalue weighted by molar-refractivity contribution is 6.36. The Kier molecular flexibility index (Phi) is 7.18. The number of carbonyl (C=O) groups is 3. The van der Waals surface area contributed by atoms with Crippen LogP contribution in [0, 0.1) is 5.92 Å². The Morgan fingerprint density at radius 1 is 1.17 bits per heavy atom. The number of amides is 2. The molecule has 0 saturated carbocycles. The average molecular weight is 451 g/mol. The molecular weight excluding hydrogens is 431 g/mol. The van der Waals surface area contributed by atoms with Crippen LogP contribution in [0.1, 0.15) is 13.3 Å². The number of carbonyl (C=O) groups excluding carboxylic acids is 3. The first-order chi connectivity index (χ1) is 14.4. The van der Waals surface area contributed by atoms with Gasteiger partial charge in [0.05, 0.1) is 23.2 Å². The number of nitrogens with one attached hydrogen (secondary N) is 1. The Labute approximate surface area is 183 Å². The summed E-state index contributed by atoms with van der Waals surface area (Å²) in [5.74, 6) is -1.26. The first-order valence-corrected chi connectivity index (χ1v) is 10.1. The second-order valence-electron chi connectivity index (χ2n) is 6.61. The van der Waals surface area contributed by atoms with E-state index >= 15 is 0 Å². The van der Waals surface area contributed by atoms with E-state index in [9.17, 15) is 14.4 Å². The lowest BCUT2D eigenvalue weighted by atomic mass is 10.1. The quantitative estimate of drug-likeness (QED) is 0.645. The number of esters is 1. The summed E-state index contributed by atoms with van der Waals surface area (Å²) in [6.45, 7) is 2.15. The molecule has 2 aromatic carbocycles. The normalized spacial score (nSPS) is 15.8. The summed E-state index contributed by atoms with van der Waals surface area (Å²) in [6.07, 6.45) is 0.0245. The molecule has 9 heteroatoms. The number of hydrogen-bond donors (Lipinski definition) is 1. The zero-order valence-corrected chi connectivity index (χ0v) is 17.7. The fourth-order valence-electron chi connectivity index (χ4n) is 3.04. The van der Waals surface area contributed by atoms with Crippen molar-refractivity contribution in [3.63, 3.8) is 0 Å². The van der Waals surface area contributed by atoms with E-state index in [4.69, 9.17) is 32.7 Å². The Bertz CT molecular complexity index is 949. The second kappa shape index (κ2) is 9.82. The lowest BCUT2D eigenvalue weighted by Gasteiger charge is -2.17. The van der Waals surface area contributed by atoms with Crippen molar-refractivity contribution in [2.45, 2.75) is 13.3 Å². The Hall–Kier alpha value is -2.77. The van der Waals surface area contributed by atoms with Gasteiger partial charge in [-0.15, -0.1) is 0 Å². The highest BCUT2D eigenvalue weighted by Gasteiger charge is 2.36. The number of benzene rings is 2. The molecule has 1 fully saturated rings. The lowest BCUT2D eigenvalue weighted by molar-refractivity contribution is -0.151. The summed E-state index contributed by atoms with van der Waals surface area (Å²) < 4.78 is 10.5. The Balaban J connectivity index is 1.52. The minimum atomic E-state index is -0.643. The molecule has 1 N–H and O–H groups in total. The molecule has 1 aliphatic heterocycles. The zero-order chi connectivity index (χ0) is 21.7. The van der Waals surface area contributed by atoms with Crippen molar-refractivity contribution >= 4 is 52.4 Å². The van der Waals surface area contributed by atoms with Gasteiger partial charge in [-0.05, 0) is 49.4 Å². The molecule has 1 atom stereocenters. The number of anilines is 2. The number of rotatable bonds is 7. The summed E-state index contributed by atoms with van der Waals surface area (Å²) in [5, 5.41) is 3.26. The molecule has 2 amide bonds. The smallest absolute Gasteiger partial charge is 0.311 e. The fourth-order valence-corrected chi connectivity index (χ4v) is 3.49. The van der Waals surface area contributed by atoms with Crippen LogP contribution in [0.5, 0.6) is 5.75 Å². The van der Waals surface area contributed by atoms with Crippen molar-refractivity contribution < 1.29 is 23.9 Å². The van der Waals surface area contributed by atoms with Crippen LogP contribution in [-0.4, -0.2) is 37.5 Å². The highest BCUT2D eigenvalue weighted by Crippen LogP contribution is 2.28. The molecule has 7 nitrogen and oxygen atoms in total. The third-order valence-electron chi connectivity index (χ3n) is 4.47. The van der Waals surface area contributed by atoms with Crippen molar-refractivity contribution in [2.75, 3.05) is 30.0 Å². The number of hydrogen-bond acceptors (Lipinski definition) is 5. The molecule has 1 saturated heterocycles. The zero-order valence-electron chi connectivity index (χ0n) is 16.2. The monoisotopic (exact) mass is 450 g/mol. The number of ether oxygens (including phenoxy) is 2. The van der Waals surface area contributed by atoms with Crippen molar-refractivity contribution in [3.8, 4) is 5.75 Å². The minimum Gasteiger partial charge on any atom is -0.494 e. The molecule has 0 aromatic heterocycles. The lowest BCUT2D eigenvalue weighted by Crippen LogP contribution is -2.28. The first kappa shape index (κ1) is 21.9. The molecule has 0 radical (unpaired) electrons. The molecule has 2 aromatic rings. The van der Waals surface area contributed by atoms with Gasteiger partial charge in [-0.1, -0.05) is 23.2 Å². The van der Waals surface area contributed by atoms with Gasteiger partial charge in [0, 0.05) is 23.7 Å². The molecular formula is C21H20Cl2N2O5. The molecule has 30 heavy (non-hydrogen) atoms. The van der Waals surface area contributed by atoms with Gasteiger partial charge in [-0.2, -0.15) is 0 Å². The van der Waals surface area contributed by atoms with E-state index in [1.807, 2.05) is 6.92 Å². The van der Waals surface area contributed by atoms with E-state index in [0.717, 1.165) is 0 Å². The third kappa shape index (κ3) is 5.43. The van der Waals surface area contributed by atoms with Crippen molar-refractivity contribution in [2.24, 2.45) is 5.92 Å². The van der Waals surface area contributed by atoms with Gasteiger partial charge in [0.1, 0.15) is 5.75 Å². The maximum atomic E-state index is 12.3. The van der Waals surface area contributed by atoms with Crippen molar-refractivity contribution in [1.82, 2.24) is 0 Å². The molecule has 0 unspecified atom stereocenters. The Morgan fingerprint density at radius 2 is 1.90 bits per heavy atom. The van der Waals surface area contributed by atoms with E-state index in [1.165, 1.54) is 11.0 Å². The van der Waals surface area contributed by atoms with Gasteiger partial charge in [-0.25, -0.2) is 0 Å². The molecule has 1 aliphatic rings. The van der Waals surface area contributed by atoms with Crippen LogP contribution in [0.15, 0.2) is 42.5 Å². The minimum absolute atomic E-state index is 0.0245. The number of nitrogens with zero attached hydrogens (tertiary/aromatic N) is 1. The van der Waals surface area contributed by atoms with E-state index < -0.39 is 24.4 Å². The van der Waals surface area contributed by atoms with E-state index in [-0.39, 0.29) is 23.9 Å². The molecule has 158 valence electrons. The third-order valence-corrected chi connectivity index (χ3v) is 5.02. The average Bonchev–Trinajstić information content (AvgIpc) is 3.11. The van der Waals surface area contributed by atoms with Crippen LogP contribution in [-0.2, 0) is 19.1 Å². The summed E-state index contributed by atoms with van der Waals surface area (Å²) in [4.78, 5) is 38.2. The summed E-state index contributed by atoms with van der Waals surface area (Å²) in [5.41, 5.74) is 1.04. The summed E-state index contributed by atoms with van der Waals surface area (Å²) in [7, 11) is 0. The molecule has 0 aliphatic carbocycles. The van der Waals surface area contributed by atoms with E-state index in [1.54, 1.807) is 36.4 Å². The van der Waals surface area contributed by atoms with Crippen LogP contribution in [0.3, 0.4) is 0 Å². The van der Waals surface area contributed by atoms with Crippen LogP contribution >= 0.6 is 23.2 Å². The standard InChI is InChI=1S/C21H20Cl2N2O5/c1-2-29-16-6-4-15(5-7-16)25-11-13(9-20(25)27)21(28)30-12-19(26)24-18-8-3-14(22)10-17(18)23/h3-8,10,13H,2,9,11-12H2,1H3,(H,24,26)/t13-/m0/s1. The largest absolute Gasteiger partial charge is 0.494 e.